The quantitative estimate of drug-likeness (QED) is 0.464. The Morgan fingerprint density at radius 1 is 1.20 bits per heavy atom. The van der Waals surface area contributed by atoms with Gasteiger partial charge in [0.2, 0.25) is 0 Å². The van der Waals surface area contributed by atoms with Crippen LogP contribution >= 0.6 is 27.3 Å². The average molecular weight is 557 g/mol. The lowest BCUT2D eigenvalue weighted by atomic mass is 9.95. The van der Waals surface area contributed by atoms with E-state index in [1.807, 2.05) is 38.1 Å². The van der Waals surface area contributed by atoms with Crippen molar-refractivity contribution in [2.24, 2.45) is 4.99 Å². The second kappa shape index (κ2) is 10.2. The van der Waals surface area contributed by atoms with Gasteiger partial charge in [-0.2, -0.15) is 0 Å². The Bertz CT molecular complexity index is 1500. The van der Waals surface area contributed by atoms with Crippen LogP contribution in [-0.4, -0.2) is 28.9 Å². The third-order valence-corrected chi connectivity index (χ3v) is 7.15. The van der Waals surface area contributed by atoms with Crippen molar-refractivity contribution in [2.45, 2.75) is 33.7 Å². The van der Waals surface area contributed by atoms with E-state index < -0.39 is 12.0 Å². The largest absolute Gasteiger partial charge is 0.503 e. The van der Waals surface area contributed by atoms with Crippen LogP contribution in [0.2, 0.25) is 0 Å². The third-order valence-electron chi connectivity index (χ3n) is 5.56. The lowest BCUT2D eigenvalue weighted by Gasteiger charge is -2.24. The zero-order valence-corrected chi connectivity index (χ0v) is 22.2. The lowest BCUT2D eigenvalue weighted by molar-refractivity contribution is -0.139. The molecule has 1 atom stereocenters. The molecule has 4 rings (SSSR count). The summed E-state index contributed by atoms with van der Waals surface area (Å²) in [7, 11) is 0. The number of aryl methyl sites for hydroxylation is 1. The van der Waals surface area contributed by atoms with Crippen molar-refractivity contribution in [3.63, 3.8) is 0 Å². The second-order valence-corrected chi connectivity index (χ2v) is 9.86. The molecule has 0 saturated carbocycles. The fraction of sp³-hybridized carbons (Fsp3) is 0.269. The minimum absolute atomic E-state index is 0.000431. The van der Waals surface area contributed by atoms with Gasteiger partial charge in [0.1, 0.15) is 0 Å². The van der Waals surface area contributed by atoms with Crippen molar-refractivity contribution in [1.82, 2.24) is 4.57 Å². The second-order valence-electron chi connectivity index (χ2n) is 8.00. The standard InChI is InChI=1S/C26H25BrN2O5S/c1-5-33-19-12-16(11-18(27)23(19)30)13-20-24(31)29-22(17-9-7-14(3)8-10-17)21(25(32)34-6-2)15(4)28-26(29)35-20/h7-13,22,30H,5-6H2,1-4H3/b20-13-/t22-/m0/s1. The molecule has 182 valence electrons. The van der Waals surface area contributed by atoms with Crippen molar-refractivity contribution in [2.75, 3.05) is 13.2 Å². The zero-order chi connectivity index (χ0) is 25.3. The van der Waals surface area contributed by atoms with Gasteiger partial charge in [0.25, 0.3) is 5.56 Å². The van der Waals surface area contributed by atoms with Gasteiger partial charge in [-0.3, -0.25) is 9.36 Å². The van der Waals surface area contributed by atoms with Gasteiger partial charge in [-0.25, -0.2) is 9.79 Å². The molecular formula is C26H25BrN2O5S. The maximum absolute atomic E-state index is 13.7. The van der Waals surface area contributed by atoms with Crippen LogP contribution in [0.15, 0.2) is 61.9 Å². The van der Waals surface area contributed by atoms with Crippen LogP contribution in [0, 0.1) is 6.92 Å². The van der Waals surface area contributed by atoms with E-state index >= 15 is 0 Å². The van der Waals surface area contributed by atoms with Gasteiger partial charge in [-0.1, -0.05) is 41.2 Å². The number of nitrogens with zero attached hydrogens (tertiary/aromatic N) is 2. The van der Waals surface area contributed by atoms with E-state index in [9.17, 15) is 14.7 Å². The summed E-state index contributed by atoms with van der Waals surface area (Å²) in [6.07, 6.45) is 1.73. The van der Waals surface area contributed by atoms with Gasteiger partial charge in [0, 0.05) is 0 Å². The number of carbonyl (C=O) groups excluding carboxylic acids is 1. The summed E-state index contributed by atoms with van der Waals surface area (Å²) in [5.41, 5.74) is 3.15. The topological polar surface area (TPSA) is 90.1 Å². The van der Waals surface area contributed by atoms with Gasteiger partial charge in [-0.05, 0) is 73.0 Å². The fourth-order valence-electron chi connectivity index (χ4n) is 3.95. The molecule has 0 amide bonds. The van der Waals surface area contributed by atoms with Crippen LogP contribution in [-0.2, 0) is 9.53 Å². The number of hydrogen-bond donors (Lipinski definition) is 1. The molecule has 1 N–H and O–H groups in total. The molecule has 0 radical (unpaired) electrons. The minimum Gasteiger partial charge on any atom is -0.503 e. The highest BCUT2D eigenvalue weighted by molar-refractivity contribution is 9.10. The normalized spacial score (nSPS) is 15.6. The smallest absolute Gasteiger partial charge is 0.338 e. The number of hydrogen-bond acceptors (Lipinski definition) is 7. The summed E-state index contributed by atoms with van der Waals surface area (Å²) in [5.74, 6) is -0.171. The van der Waals surface area contributed by atoms with Gasteiger partial charge in [0.15, 0.2) is 16.3 Å². The molecule has 2 heterocycles. The van der Waals surface area contributed by atoms with E-state index in [0.29, 0.717) is 43.0 Å². The number of fused-ring (bicyclic) bond motifs is 1. The molecule has 0 aliphatic carbocycles. The van der Waals surface area contributed by atoms with E-state index in [2.05, 4.69) is 20.9 Å². The SMILES string of the molecule is CCOC(=O)C1=C(C)N=c2s/c(=C\c3cc(Br)c(O)c(OCC)c3)c(=O)n2[C@H]1c1ccc(C)cc1. The third kappa shape index (κ3) is 4.83. The summed E-state index contributed by atoms with van der Waals surface area (Å²) < 4.78 is 13.3. The first kappa shape index (κ1) is 24.9. The Kier molecular flexibility index (Phi) is 7.28. The number of benzene rings is 2. The average Bonchev–Trinajstić information content (AvgIpc) is 3.11. The van der Waals surface area contributed by atoms with Crippen LogP contribution in [0.3, 0.4) is 0 Å². The highest BCUT2D eigenvalue weighted by atomic mass is 79.9. The number of phenolic OH excluding ortho intramolecular Hbond substituents is 1. The van der Waals surface area contributed by atoms with Crippen molar-refractivity contribution < 1.29 is 19.4 Å². The number of allylic oxidation sites excluding steroid dienone is 1. The minimum atomic E-state index is -0.654. The number of rotatable bonds is 6. The van der Waals surface area contributed by atoms with Crippen LogP contribution in [0.4, 0.5) is 0 Å². The van der Waals surface area contributed by atoms with Crippen LogP contribution in [0.5, 0.6) is 11.5 Å². The monoisotopic (exact) mass is 556 g/mol. The van der Waals surface area contributed by atoms with Crippen molar-refractivity contribution in [3.8, 4) is 11.5 Å². The summed E-state index contributed by atoms with van der Waals surface area (Å²) in [6, 6.07) is 10.5. The van der Waals surface area contributed by atoms with Gasteiger partial charge < -0.3 is 14.6 Å². The summed E-state index contributed by atoms with van der Waals surface area (Å²) in [5, 5.41) is 10.2. The molecule has 0 spiro atoms. The first-order chi connectivity index (χ1) is 16.7. The molecule has 9 heteroatoms. The van der Waals surface area contributed by atoms with E-state index in [0.717, 1.165) is 11.1 Å². The molecule has 7 nitrogen and oxygen atoms in total. The molecule has 0 fully saturated rings. The lowest BCUT2D eigenvalue weighted by Crippen LogP contribution is -2.39. The molecule has 0 unspecified atom stereocenters. The molecule has 2 aromatic carbocycles. The maximum Gasteiger partial charge on any atom is 0.338 e. The van der Waals surface area contributed by atoms with E-state index in [4.69, 9.17) is 9.47 Å². The van der Waals surface area contributed by atoms with Gasteiger partial charge in [0.05, 0.1) is 39.5 Å². The van der Waals surface area contributed by atoms with Crippen LogP contribution < -0.4 is 19.6 Å². The molecule has 1 aliphatic heterocycles. The Balaban J connectivity index is 1.93. The molecule has 1 aromatic heterocycles. The van der Waals surface area contributed by atoms with Crippen LogP contribution in [0.25, 0.3) is 6.08 Å². The van der Waals surface area contributed by atoms with E-state index in [1.54, 1.807) is 36.6 Å². The number of phenols is 1. The van der Waals surface area contributed by atoms with Crippen molar-refractivity contribution >= 4 is 39.3 Å². The number of aromatic hydroxyl groups is 1. The highest BCUT2D eigenvalue weighted by Gasteiger charge is 2.33. The Morgan fingerprint density at radius 2 is 1.91 bits per heavy atom. The molecule has 0 bridgehead atoms. The van der Waals surface area contributed by atoms with Crippen LogP contribution in [0.1, 0.15) is 43.5 Å². The van der Waals surface area contributed by atoms with E-state index in [1.165, 1.54) is 11.3 Å². The summed E-state index contributed by atoms with van der Waals surface area (Å²) >= 11 is 4.58. The van der Waals surface area contributed by atoms with Gasteiger partial charge >= 0.3 is 5.97 Å². The van der Waals surface area contributed by atoms with Crippen molar-refractivity contribution in [3.05, 3.63) is 88.5 Å². The number of halogens is 1. The predicted octanol–water partition coefficient (Wildman–Crippen LogP) is 3.97. The Labute approximate surface area is 214 Å². The fourth-order valence-corrected chi connectivity index (χ4v) is 5.46. The Morgan fingerprint density at radius 3 is 2.57 bits per heavy atom. The maximum atomic E-state index is 13.7. The van der Waals surface area contributed by atoms with E-state index in [-0.39, 0.29) is 17.9 Å². The van der Waals surface area contributed by atoms with Gasteiger partial charge in [-0.15, -0.1) is 0 Å². The number of carbonyl (C=O) groups is 1. The predicted molar refractivity (Wildman–Crippen MR) is 139 cm³/mol. The van der Waals surface area contributed by atoms with Crippen molar-refractivity contribution in [1.29, 1.82) is 0 Å². The summed E-state index contributed by atoms with van der Waals surface area (Å²) in [6.45, 7) is 7.92. The first-order valence-electron chi connectivity index (χ1n) is 11.2. The molecule has 0 saturated heterocycles. The Hall–Kier alpha value is -3.17. The number of thiazole rings is 1. The molecule has 3 aromatic rings. The number of esters is 1. The first-order valence-corrected chi connectivity index (χ1v) is 12.8. The zero-order valence-electron chi connectivity index (χ0n) is 19.8. The molecular weight excluding hydrogens is 532 g/mol. The molecule has 35 heavy (non-hydrogen) atoms. The number of aromatic nitrogens is 1. The number of ether oxygens (including phenoxy) is 2. The highest BCUT2D eigenvalue weighted by Crippen LogP contribution is 2.36. The summed E-state index contributed by atoms with van der Waals surface area (Å²) in [4.78, 5) is 31.7. The molecule has 1 aliphatic rings.